The summed E-state index contributed by atoms with van der Waals surface area (Å²) in [7, 11) is 0. The van der Waals surface area contributed by atoms with Crippen molar-refractivity contribution in [3.05, 3.63) is 0 Å². The molecule has 0 aromatic heterocycles. The Bertz CT molecular complexity index is 311. The van der Waals surface area contributed by atoms with Gasteiger partial charge in [0, 0.05) is 65.5 Å². The van der Waals surface area contributed by atoms with Crippen LogP contribution in [0.15, 0.2) is 0 Å². The number of esters is 1. The van der Waals surface area contributed by atoms with Crippen LogP contribution in [0.2, 0.25) is 0 Å². The molecule has 0 saturated carbocycles. The van der Waals surface area contributed by atoms with Crippen molar-refractivity contribution in [3.8, 4) is 0 Å². The fourth-order valence-electron chi connectivity index (χ4n) is 3.78. The van der Waals surface area contributed by atoms with Gasteiger partial charge in [0.15, 0.2) is 0 Å². The summed E-state index contributed by atoms with van der Waals surface area (Å²) in [6.45, 7) is 5.17. The van der Waals surface area contributed by atoms with Crippen LogP contribution in [-0.4, -0.2) is 71.7 Å². The molecule has 0 unspecified atom stereocenters. The van der Waals surface area contributed by atoms with Crippen LogP contribution in [0.1, 0.15) is 155 Å². The number of unbranched alkanes of at least 4 members (excludes halogenated alkanes) is 19. The van der Waals surface area contributed by atoms with E-state index in [0.29, 0.717) is 13.0 Å². The van der Waals surface area contributed by atoms with Crippen LogP contribution in [0.25, 0.3) is 0 Å². The smallest absolute Gasteiger partial charge is 0.305 e. The molecule has 0 bridgehead atoms. The third kappa shape index (κ3) is 31.7. The first kappa shape index (κ1) is 36.0. The maximum atomic E-state index is 11.7. The molecular formula is C26H52Na2O2. The van der Waals surface area contributed by atoms with Crippen LogP contribution in [-0.2, 0) is 9.53 Å². The van der Waals surface area contributed by atoms with Crippen molar-refractivity contribution in [2.24, 2.45) is 0 Å². The molecule has 2 radical (unpaired) electrons. The number of carbonyl (C=O) groups excluding carboxylic acids is 1. The molecule has 0 heterocycles. The number of rotatable bonds is 23. The maximum Gasteiger partial charge on any atom is 0.305 e. The average molecular weight is 443 g/mol. The number of hydrogen-bond donors (Lipinski definition) is 0. The minimum Gasteiger partial charge on any atom is -0.466 e. The summed E-state index contributed by atoms with van der Waals surface area (Å²) in [6, 6.07) is 0. The molecule has 0 aliphatic rings. The Labute approximate surface area is 234 Å². The third-order valence-corrected chi connectivity index (χ3v) is 5.75. The van der Waals surface area contributed by atoms with E-state index in [-0.39, 0.29) is 65.1 Å². The van der Waals surface area contributed by atoms with Crippen molar-refractivity contribution in [2.75, 3.05) is 6.61 Å². The average Bonchev–Trinajstić information content (AvgIpc) is 2.70. The summed E-state index contributed by atoms with van der Waals surface area (Å²) in [5.74, 6) is 0.0195. The van der Waals surface area contributed by atoms with E-state index in [4.69, 9.17) is 4.74 Å². The standard InChI is InChI=1S/C26H52O2.2Na/c1-3-5-7-9-11-13-14-15-17-19-21-23-25-28-26(27)24-22-20-18-16-12-10-8-6-4-2;;/h3-25H2,1-2H3;;. The number of carbonyl (C=O) groups is 1. The molecule has 0 amide bonds. The van der Waals surface area contributed by atoms with E-state index in [2.05, 4.69) is 13.8 Å². The molecule has 30 heavy (non-hydrogen) atoms. The number of ether oxygens (including phenoxy) is 1. The molecule has 0 spiro atoms. The van der Waals surface area contributed by atoms with Crippen LogP contribution in [0.5, 0.6) is 0 Å². The van der Waals surface area contributed by atoms with Gasteiger partial charge in [-0.25, -0.2) is 0 Å². The van der Waals surface area contributed by atoms with E-state index in [9.17, 15) is 4.79 Å². The van der Waals surface area contributed by atoms with Gasteiger partial charge in [0.1, 0.15) is 0 Å². The van der Waals surface area contributed by atoms with Gasteiger partial charge in [0.05, 0.1) is 6.61 Å². The SMILES string of the molecule is CCCCCCCCCCCCCCOC(=O)CCCCCCCCCCC.[Na].[Na]. The van der Waals surface area contributed by atoms with Crippen LogP contribution in [0.4, 0.5) is 0 Å². The van der Waals surface area contributed by atoms with Crippen molar-refractivity contribution < 1.29 is 9.53 Å². The molecule has 0 aliphatic carbocycles. The topological polar surface area (TPSA) is 26.3 Å². The van der Waals surface area contributed by atoms with Gasteiger partial charge in [-0.15, -0.1) is 0 Å². The molecule has 2 nitrogen and oxygen atoms in total. The van der Waals surface area contributed by atoms with Gasteiger partial charge in [0.25, 0.3) is 0 Å². The van der Waals surface area contributed by atoms with Crippen molar-refractivity contribution in [1.82, 2.24) is 0 Å². The Morgan fingerprint density at radius 2 is 0.767 bits per heavy atom. The van der Waals surface area contributed by atoms with Crippen LogP contribution >= 0.6 is 0 Å². The summed E-state index contributed by atoms with van der Waals surface area (Å²) in [6.07, 6.45) is 28.4. The van der Waals surface area contributed by atoms with Gasteiger partial charge in [-0.3, -0.25) is 4.79 Å². The molecule has 0 saturated heterocycles. The Balaban J connectivity index is -0.00000364. The summed E-state index contributed by atoms with van der Waals surface area (Å²) in [5.41, 5.74) is 0. The first-order valence-electron chi connectivity index (χ1n) is 13.0. The van der Waals surface area contributed by atoms with Gasteiger partial charge < -0.3 is 4.74 Å². The second-order valence-corrected chi connectivity index (χ2v) is 8.69. The summed E-state index contributed by atoms with van der Waals surface area (Å²) >= 11 is 0. The third-order valence-electron chi connectivity index (χ3n) is 5.75. The predicted octanol–water partition coefficient (Wildman–Crippen LogP) is 8.39. The predicted molar refractivity (Wildman–Crippen MR) is 135 cm³/mol. The monoisotopic (exact) mass is 442 g/mol. The molecule has 0 rings (SSSR count). The van der Waals surface area contributed by atoms with E-state index in [1.807, 2.05) is 0 Å². The molecule has 0 N–H and O–H groups in total. The van der Waals surface area contributed by atoms with E-state index in [1.165, 1.54) is 122 Å². The first-order valence-corrected chi connectivity index (χ1v) is 13.0. The van der Waals surface area contributed by atoms with Gasteiger partial charge in [-0.2, -0.15) is 0 Å². The largest absolute Gasteiger partial charge is 0.466 e. The molecule has 0 aromatic carbocycles. The molecule has 4 heteroatoms. The minimum atomic E-state index is 0. The van der Waals surface area contributed by atoms with Gasteiger partial charge in [0.2, 0.25) is 0 Å². The molecule has 0 aliphatic heterocycles. The Kier molecular flexibility index (Phi) is 39.2. The molecule has 0 aromatic rings. The van der Waals surface area contributed by atoms with E-state index in [1.54, 1.807) is 0 Å². The number of hydrogen-bond acceptors (Lipinski definition) is 2. The van der Waals surface area contributed by atoms with E-state index >= 15 is 0 Å². The normalized spacial score (nSPS) is 10.3. The minimum absolute atomic E-state index is 0. The first-order chi connectivity index (χ1) is 13.8. The van der Waals surface area contributed by atoms with Crippen molar-refractivity contribution >= 4 is 65.1 Å². The fourth-order valence-corrected chi connectivity index (χ4v) is 3.78. The van der Waals surface area contributed by atoms with E-state index in [0.717, 1.165) is 12.8 Å². The van der Waals surface area contributed by atoms with Gasteiger partial charge >= 0.3 is 5.97 Å². The second kappa shape index (κ2) is 32.6. The summed E-state index contributed by atoms with van der Waals surface area (Å²) in [5, 5.41) is 0. The van der Waals surface area contributed by atoms with Crippen LogP contribution in [0, 0.1) is 0 Å². The zero-order chi connectivity index (χ0) is 20.5. The zero-order valence-corrected chi connectivity index (χ0v) is 25.6. The Morgan fingerprint density at radius 3 is 1.13 bits per heavy atom. The summed E-state index contributed by atoms with van der Waals surface area (Å²) < 4.78 is 5.37. The van der Waals surface area contributed by atoms with Crippen LogP contribution in [0.3, 0.4) is 0 Å². The fraction of sp³-hybridized carbons (Fsp3) is 0.962. The van der Waals surface area contributed by atoms with Crippen LogP contribution < -0.4 is 0 Å². The molecule has 0 atom stereocenters. The maximum absolute atomic E-state index is 11.7. The van der Waals surface area contributed by atoms with Crippen molar-refractivity contribution in [3.63, 3.8) is 0 Å². The quantitative estimate of drug-likeness (QED) is 0.0902. The molecular weight excluding hydrogens is 390 g/mol. The Hall–Kier alpha value is 1.47. The molecule has 170 valence electrons. The van der Waals surface area contributed by atoms with Gasteiger partial charge in [-0.1, -0.05) is 136 Å². The second-order valence-electron chi connectivity index (χ2n) is 8.69. The van der Waals surface area contributed by atoms with Crippen molar-refractivity contribution in [2.45, 2.75) is 155 Å². The van der Waals surface area contributed by atoms with E-state index < -0.39 is 0 Å². The Morgan fingerprint density at radius 1 is 0.467 bits per heavy atom. The summed E-state index contributed by atoms with van der Waals surface area (Å²) in [4.78, 5) is 11.7. The zero-order valence-electron chi connectivity index (χ0n) is 21.6. The molecule has 0 fully saturated rings. The van der Waals surface area contributed by atoms with Crippen molar-refractivity contribution in [1.29, 1.82) is 0 Å². The van der Waals surface area contributed by atoms with Gasteiger partial charge in [-0.05, 0) is 12.8 Å².